The van der Waals surface area contributed by atoms with Crippen LogP contribution in [0.2, 0.25) is 0 Å². The molecule has 0 aliphatic rings. The van der Waals surface area contributed by atoms with Crippen molar-refractivity contribution in [3.8, 4) is 5.75 Å². The van der Waals surface area contributed by atoms with Gasteiger partial charge in [-0.15, -0.1) is 0 Å². The summed E-state index contributed by atoms with van der Waals surface area (Å²) in [6.07, 6.45) is 1.65. The van der Waals surface area contributed by atoms with Gasteiger partial charge in [0, 0.05) is 6.20 Å². The second-order valence-electron chi connectivity index (χ2n) is 3.95. The van der Waals surface area contributed by atoms with Crippen molar-refractivity contribution in [1.82, 2.24) is 4.98 Å². The van der Waals surface area contributed by atoms with Crippen LogP contribution in [0, 0.1) is 0 Å². The third kappa shape index (κ3) is 3.45. The number of aromatic nitrogens is 1. The molecule has 5 heteroatoms. The molecule has 0 atom stereocenters. The maximum atomic E-state index is 10.7. The van der Waals surface area contributed by atoms with Crippen molar-refractivity contribution in [1.29, 1.82) is 0 Å². The zero-order chi connectivity index (χ0) is 13.7. The largest absolute Gasteiger partial charge is 0.495 e. The van der Waals surface area contributed by atoms with E-state index in [9.17, 15) is 4.79 Å². The van der Waals surface area contributed by atoms with Crippen molar-refractivity contribution < 1.29 is 14.6 Å². The van der Waals surface area contributed by atoms with E-state index in [2.05, 4.69) is 10.3 Å². The first-order chi connectivity index (χ1) is 9.19. The summed E-state index contributed by atoms with van der Waals surface area (Å²) < 4.78 is 5.24. The van der Waals surface area contributed by atoms with E-state index < -0.39 is 5.97 Å². The predicted octanol–water partition coefficient (Wildman–Crippen LogP) is 2.46. The lowest BCUT2D eigenvalue weighted by Crippen LogP contribution is -2.02. The zero-order valence-electron chi connectivity index (χ0n) is 10.5. The number of pyridine rings is 1. The highest BCUT2D eigenvalue weighted by Gasteiger charge is 2.07. The van der Waals surface area contributed by atoms with E-state index in [4.69, 9.17) is 9.84 Å². The van der Waals surface area contributed by atoms with Gasteiger partial charge in [-0.3, -0.25) is 4.79 Å². The molecule has 1 aromatic carbocycles. The second-order valence-corrected chi connectivity index (χ2v) is 3.95. The fourth-order valence-corrected chi connectivity index (χ4v) is 1.71. The first-order valence-corrected chi connectivity index (χ1v) is 5.76. The van der Waals surface area contributed by atoms with Crippen molar-refractivity contribution in [3.05, 3.63) is 48.2 Å². The van der Waals surface area contributed by atoms with Gasteiger partial charge in [0.1, 0.15) is 11.6 Å². The number of nitrogens with one attached hydrogen (secondary N) is 1. The van der Waals surface area contributed by atoms with Crippen LogP contribution in [0.3, 0.4) is 0 Å². The Morgan fingerprint density at radius 1 is 1.37 bits per heavy atom. The number of aliphatic carboxylic acids is 1. The molecule has 5 nitrogen and oxygen atoms in total. The highest BCUT2D eigenvalue weighted by molar-refractivity contribution is 5.72. The molecule has 98 valence electrons. The third-order valence-corrected chi connectivity index (χ3v) is 2.55. The summed E-state index contributed by atoms with van der Waals surface area (Å²) in [5.74, 6) is 0.446. The van der Waals surface area contributed by atoms with Crippen LogP contribution in [0.5, 0.6) is 5.75 Å². The monoisotopic (exact) mass is 258 g/mol. The average molecular weight is 258 g/mol. The first-order valence-electron chi connectivity index (χ1n) is 5.76. The van der Waals surface area contributed by atoms with Crippen LogP contribution in [-0.2, 0) is 11.2 Å². The number of carboxylic acid groups (broad SMARTS) is 1. The number of carbonyl (C=O) groups is 1. The number of hydrogen-bond acceptors (Lipinski definition) is 4. The van der Waals surface area contributed by atoms with Gasteiger partial charge in [0.25, 0.3) is 0 Å². The number of hydrogen-bond donors (Lipinski definition) is 2. The maximum Gasteiger partial charge on any atom is 0.307 e. The smallest absolute Gasteiger partial charge is 0.307 e. The Kier molecular flexibility index (Phi) is 3.97. The molecule has 0 bridgehead atoms. The Morgan fingerprint density at radius 3 is 2.84 bits per heavy atom. The van der Waals surface area contributed by atoms with Crippen LogP contribution < -0.4 is 10.1 Å². The maximum absolute atomic E-state index is 10.7. The molecule has 0 aliphatic heterocycles. The normalized spacial score (nSPS) is 9.95. The van der Waals surface area contributed by atoms with Crippen molar-refractivity contribution in [2.24, 2.45) is 0 Å². The van der Waals surface area contributed by atoms with E-state index in [0.717, 1.165) is 0 Å². The highest BCUT2D eigenvalue weighted by atomic mass is 16.5. The van der Waals surface area contributed by atoms with E-state index >= 15 is 0 Å². The van der Waals surface area contributed by atoms with Gasteiger partial charge in [-0.1, -0.05) is 12.1 Å². The van der Waals surface area contributed by atoms with Crippen LogP contribution in [0.15, 0.2) is 42.6 Å². The SMILES string of the molecule is COc1ccc(CC(=O)O)cc1Nc1ccccn1. The van der Waals surface area contributed by atoms with E-state index in [0.29, 0.717) is 22.8 Å². The average Bonchev–Trinajstić information content (AvgIpc) is 2.39. The number of benzene rings is 1. The van der Waals surface area contributed by atoms with Gasteiger partial charge < -0.3 is 15.2 Å². The zero-order valence-corrected chi connectivity index (χ0v) is 10.5. The Labute approximate surface area is 110 Å². The Balaban J connectivity index is 2.28. The van der Waals surface area contributed by atoms with E-state index in [1.807, 2.05) is 18.2 Å². The fourth-order valence-electron chi connectivity index (χ4n) is 1.71. The summed E-state index contributed by atoms with van der Waals surface area (Å²) in [6, 6.07) is 10.7. The van der Waals surface area contributed by atoms with E-state index in [1.165, 1.54) is 0 Å². The van der Waals surface area contributed by atoms with Gasteiger partial charge in [0.2, 0.25) is 0 Å². The van der Waals surface area contributed by atoms with E-state index in [1.54, 1.807) is 31.5 Å². The summed E-state index contributed by atoms with van der Waals surface area (Å²) in [4.78, 5) is 14.9. The molecule has 0 radical (unpaired) electrons. The Hall–Kier alpha value is -2.56. The van der Waals surface area contributed by atoms with Crippen LogP contribution in [0.1, 0.15) is 5.56 Å². The Morgan fingerprint density at radius 2 is 2.21 bits per heavy atom. The summed E-state index contributed by atoms with van der Waals surface area (Å²) in [6.45, 7) is 0. The van der Waals surface area contributed by atoms with Crippen LogP contribution in [0.25, 0.3) is 0 Å². The summed E-state index contributed by atoms with van der Waals surface area (Å²) in [5, 5.41) is 11.9. The number of ether oxygens (including phenoxy) is 1. The molecule has 0 saturated heterocycles. The van der Waals surface area contributed by atoms with Gasteiger partial charge in [-0.25, -0.2) is 4.98 Å². The molecule has 1 aromatic heterocycles. The van der Waals surface area contributed by atoms with E-state index in [-0.39, 0.29) is 6.42 Å². The molecule has 0 amide bonds. The van der Waals surface area contributed by atoms with Gasteiger partial charge in [-0.05, 0) is 29.8 Å². The molecule has 2 aromatic rings. The molecule has 1 heterocycles. The van der Waals surface area contributed by atoms with Gasteiger partial charge in [-0.2, -0.15) is 0 Å². The summed E-state index contributed by atoms with van der Waals surface area (Å²) >= 11 is 0. The highest BCUT2D eigenvalue weighted by Crippen LogP contribution is 2.28. The molecule has 19 heavy (non-hydrogen) atoms. The van der Waals surface area contributed by atoms with Gasteiger partial charge in [0.05, 0.1) is 19.2 Å². The lowest BCUT2D eigenvalue weighted by molar-refractivity contribution is -0.136. The lowest BCUT2D eigenvalue weighted by Gasteiger charge is -2.11. The van der Waals surface area contributed by atoms with Crippen molar-refractivity contribution in [2.45, 2.75) is 6.42 Å². The van der Waals surface area contributed by atoms with Crippen molar-refractivity contribution >= 4 is 17.5 Å². The number of methoxy groups -OCH3 is 1. The summed E-state index contributed by atoms with van der Waals surface area (Å²) in [7, 11) is 1.57. The van der Waals surface area contributed by atoms with Crippen LogP contribution in [-0.4, -0.2) is 23.2 Å². The van der Waals surface area contributed by atoms with Crippen molar-refractivity contribution in [2.75, 3.05) is 12.4 Å². The first kappa shape index (κ1) is 12.9. The number of carboxylic acids is 1. The van der Waals surface area contributed by atoms with Gasteiger partial charge in [0.15, 0.2) is 0 Å². The van der Waals surface area contributed by atoms with Crippen LogP contribution >= 0.6 is 0 Å². The fraction of sp³-hybridized carbons (Fsp3) is 0.143. The van der Waals surface area contributed by atoms with Crippen LogP contribution in [0.4, 0.5) is 11.5 Å². The number of rotatable bonds is 5. The minimum atomic E-state index is -0.867. The molecule has 0 saturated carbocycles. The second kappa shape index (κ2) is 5.86. The third-order valence-electron chi connectivity index (χ3n) is 2.55. The lowest BCUT2D eigenvalue weighted by atomic mass is 10.1. The number of nitrogens with zero attached hydrogens (tertiary/aromatic N) is 1. The molecule has 0 fully saturated rings. The molecular weight excluding hydrogens is 244 g/mol. The molecule has 0 aliphatic carbocycles. The molecule has 0 unspecified atom stereocenters. The standard InChI is InChI=1S/C14H14N2O3/c1-19-12-6-5-10(9-14(17)18)8-11(12)16-13-4-2-3-7-15-13/h2-8H,9H2,1H3,(H,15,16)(H,17,18). The quantitative estimate of drug-likeness (QED) is 0.862. The molecular formula is C14H14N2O3. The Bertz CT molecular complexity index is 570. The minimum Gasteiger partial charge on any atom is -0.495 e. The minimum absolute atomic E-state index is 0.0269. The van der Waals surface area contributed by atoms with Crippen molar-refractivity contribution in [3.63, 3.8) is 0 Å². The topological polar surface area (TPSA) is 71.5 Å². The summed E-state index contributed by atoms with van der Waals surface area (Å²) in [5.41, 5.74) is 1.40. The molecule has 0 spiro atoms. The number of anilines is 2. The molecule has 2 rings (SSSR count). The predicted molar refractivity (Wildman–Crippen MR) is 71.9 cm³/mol. The van der Waals surface area contributed by atoms with Gasteiger partial charge >= 0.3 is 5.97 Å². The molecule has 2 N–H and O–H groups in total.